The maximum atomic E-state index is 13.9. The minimum atomic E-state index is -0.655. The van der Waals surface area contributed by atoms with E-state index < -0.39 is 6.09 Å². The molecule has 220 valence electrons. The highest BCUT2D eigenvalue weighted by molar-refractivity contribution is 5.98. The maximum Gasteiger partial charge on any atom is 0.425 e. The lowest BCUT2D eigenvalue weighted by molar-refractivity contribution is 0.208. The van der Waals surface area contributed by atoms with E-state index in [1.807, 2.05) is 71.3 Å². The fourth-order valence-corrected chi connectivity index (χ4v) is 4.47. The van der Waals surface area contributed by atoms with Crippen molar-refractivity contribution in [2.75, 3.05) is 51.7 Å². The van der Waals surface area contributed by atoms with Crippen LogP contribution in [0.25, 0.3) is 0 Å². The quantitative estimate of drug-likeness (QED) is 0.218. The second kappa shape index (κ2) is 13.7. The Morgan fingerprint density at radius 1 is 0.857 bits per heavy atom. The van der Waals surface area contributed by atoms with Crippen LogP contribution in [0.5, 0.6) is 23.0 Å². The number of likely N-dealkylation sites (N-methyl/N-ethyl adjacent to an activating group) is 1. The zero-order chi connectivity index (χ0) is 30.2. The Labute approximate surface area is 246 Å². The molecule has 10 heteroatoms. The van der Waals surface area contributed by atoms with Crippen LogP contribution in [0.15, 0.2) is 66.9 Å². The van der Waals surface area contributed by atoms with E-state index in [1.165, 1.54) is 12.0 Å². The second-order valence-corrected chi connectivity index (χ2v) is 10.0. The van der Waals surface area contributed by atoms with Crippen LogP contribution in [0.2, 0.25) is 0 Å². The minimum Gasteiger partial charge on any atom is -0.497 e. The number of anilines is 4. The summed E-state index contributed by atoms with van der Waals surface area (Å²) in [4.78, 5) is 26.5. The molecule has 1 heterocycles. The Hall–Kier alpha value is -4.83. The van der Waals surface area contributed by atoms with Gasteiger partial charge in [0.05, 0.1) is 19.9 Å². The molecule has 0 unspecified atom stereocenters. The predicted octanol–water partition coefficient (Wildman–Crippen LogP) is 6.44. The zero-order valence-electron chi connectivity index (χ0n) is 25.1. The SMILES string of the molecule is COc1ccc(OC(=O)N(c2ccnc(Nc3ccc(OCCN(C)C)cc3)n2)c2c(C)cc(C)cc2C)c(OC)c1. The lowest BCUT2D eigenvalue weighted by Gasteiger charge is -2.25. The summed E-state index contributed by atoms with van der Waals surface area (Å²) in [5.41, 5.74) is 4.31. The number of amides is 1. The number of ether oxygens (including phenoxy) is 4. The highest BCUT2D eigenvalue weighted by Gasteiger charge is 2.27. The first-order valence-electron chi connectivity index (χ1n) is 13.5. The van der Waals surface area contributed by atoms with Crippen LogP contribution >= 0.6 is 0 Å². The van der Waals surface area contributed by atoms with E-state index in [4.69, 9.17) is 18.9 Å². The summed E-state index contributed by atoms with van der Waals surface area (Å²) in [6.45, 7) is 7.33. The van der Waals surface area contributed by atoms with Crippen molar-refractivity contribution in [1.29, 1.82) is 0 Å². The molecule has 0 aliphatic heterocycles. The standard InChI is InChI=1S/C32H37N5O5/c1-21-18-22(2)30(23(3)19-21)37(32(38)42-27-13-12-26(39-6)20-28(27)40-7)29-14-15-33-31(35-29)34-24-8-10-25(11-9-24)41-17-16-36(4)5/h8-15,18-20H,16-17H2,1-7H3,(H,33,34,35). The lowest BCUT2D eigenvalue weighted by atomic mass is 10.0. The molecule has 0 radical (unpaired) electrons. The molecule has 1 amide bonds. The van der Waals surface area contributed by atoms with Crippen molar-refractivity contribution in [2.24, 2.45) is 0 Å². The molecule has 0 aliphatic rings. The monoisotopic (exact) mass is 571 g/mol. The van der Waals surface area contributed by atoms with Crippen LogP contribution in [0, 0.1) is 20.8 Å². The number of nitrogens with zero attached hydrogens (tertiary/aromatic N) is 4. The predicted molar refractivity (Wildman–Crippen MR) is 164 cm³/mol. The van der Waals surface area contributed by atoms with Gasteiger partial charge in [0.25, 0.3) is 0 Å². The third-order valence-electron chi connectivity index (χ3n) is 6.40. The van der Waals surface area contributed by atoms with E-state index >= 15 is 0 Å². The average molecular weight is 572 g/mol. The summed E-state index contributed by atoms with van der Waals surface area (Å²) in [5.74, 6) is 2.61. The third kappa shape index (κ3) is 7.46. The van der Waals surface area contributed by atoms with Crippen molar-refractivity contribution >= 4 is 29.2 Å². The molecule has 0 atom stereocenters. The number of carbonyl (C=O) groups excluding carboxylic acids is 1. The molecule has 3 aromatic carbocycles. The van der Waals surface area contributed by atoms with Gasteiger partial charge in [-0.15, -0.1) is 0 Å². The van der Waals surface area contributed by atoms with Gasteiger partial charge in [0.1, 0.15) is 23.9 Å². The van der Waals surface area contributed by atoms with Gasteiger partial charge in [0, 0.05) is 30.6 Å². The Bertz CT molecular complexity index is 1500. The van der Waals surface area contributed by atoms with Crippen molar-refractivity contribution in [2.45, 2.75) is 20.8 Å². The molecule has 0 saturated carbocycles. The van der Waals surface area contributed by atoms with Gasteiger partial charge in [-0.05, 0) is 82.4 Å². The number of hydrogen-bond donors (Lipinski definition) is 1. The zero-order valence-corrected chi connectivity index (χ0v) is 25.1. The molecule has 4 aromatic rings. The van der Waals surface area contributed by atoms with Crippen LogP contribution < -0.4 is 29.2 Å². The van der Waals surface area contributed by atoms with Gasteiger partial charge in [0.15, 0.2) is 11.5 Å². The fraction of sp³-hybridized carbons (Fsp3) is 0.281. The molecule has 0 aliphatic carbocycles. The topological polar surface area (TPSA) is 98.3 Å². The largest absolute Gasteiger partial charge is 0.497 e. The molecule has 42 heavy (non-hydrogen) atoms. The highest BCUT2D eigenvalue weighted by atomic mass is 16.6. The number of hydrogen-bond acceptors (Lipinski definition) is 9. The molecule has 4 rings (SSSR count). The summed E-state index contributed by atoms with van der Waals surface area (Å²) in [7, 11) is 7.06. The summed E-state index contributed by atoms with van der Waals surface area (Å²) < 4.78 is 22.4. The molecule has 0 saturated heterocycles. The Morgan fingerprint density at radius 2 is 1.55 bits per heavy atom. The average Bonchev–Trinajstić information content (AvgIpc) is 2.96. The second-order valence-electron chi connectivity index (χ2n) is 10.0. The summed E-state index contributed by atoms with van der Waals surface area (Å²) >= 11 is 0. The van der Waals surface area contributed by atoms with Crippen molar-refractivity contribution in [3.63, 3.8) is 0 Å². The Morgan fingerprint density at radius 3 is 2.19 bits per heavy atom. The summed E-state index contributed by atoms with van der Waals surface area (Å²) in [5, 5.41) is 3.21. The first-order valence-corrected chi connectivity index (χ1v) is 13.5. The number of carbonyl (C=O) groups is 1. The molecule has 0 spiro atoms. The van der Waals surface area contributed by atoms with Crippen molar-refractivity contribution in [3.8, 4) is 23.0 Å². The number of methoxy groups -OCH3 is 2. The van der Waals surface area contributed by atoms with Gasteiger partial charge in [-0.25, -0.2) is 14.7 Å². The van der Waals surface area contributed by atoms with Crippen molar-refractivity contribution < 1.29 is 23.7 Å². The van der Waals surface area contributed by atoms with Crippen LogP contribution in [0.4, 0.5) is 27.9 Å². The van der Waals surface area contributed by atoms with Crippen LogP contribution in [-0.2, 0) is 0 Å². The number of aromatic nitrogens is 2. The van der Waals surface area contributed by atoms with Gasteiger partial charge in [-0.2, -0.15) is 4.98 Å². The van der Waals surface area contributed by atoms with Crippen LogP contribution in [0.3, 0.4) is 0 Å². The highest BCUT2D eigenvalue weighted by Crippen LogP contribution is 2.36. The van der Waals surface area contributed by atoms with Gasteiger partial charge >= 0.3 is 6.09 Å². The van der Waals surface area contributed by atoms with E-state index in [-0.39, 0.29) is 5.75 Å². The van der Waals surface area contributed by atoms with Gasteiger partial charge in [0.2, 0.25) is 5.95 Å². The van der Waals surface area contributed by atoms with Crippen LogP contribution in [0.1, 0.15) is 16.7 Å². The van der Waals surface area contributed by atoms with Gasteiger partial charge in [-0.1, -0.05) is 17.7 Å². The Kier molecular flexibility index (Phi) is 9.82. The molecule has 0 bridgehead atoms. The first-order chi connectivity index (χ1) is 20.2. The number of aryl methyl sites for hydroxylation is 3. The molecule has 0 fully saturated rings. The van der Waals surface area contributed by atoms with E-state index in [2.05, 4.69) is 20.2 Å². The van der Waals surface area contributed by atoms with E-state index in [0.717, 1.165) is 34.7 Å². The first kappa shape index (κ1) is 30.1. The summed E-state index contributed by atoms with van der Waals surface area (Å²) in [6, 6.07) is 18.2. The molecular formula is C32H37N5O5. The minimum absolute atomic E-state index is 0.246. The van der Waals surface area contributed by atoms with Crippen LogP contribution in [-0.4, -0.2) is 62.4 Å². The lowest BCUT2D eigenvalue weighted by Crippen LogP contribution is -2.31. The van der Waals surface area contributed by atoms with E-state index in [9.17, 15) is 4.79 Å². The smallest absolute Gasteiger partial charge is 0.425 e. The number of benzene rings is 3. The molecule has 1 N–H and O–H groups in total. The van der Waals surface area contributed by atoms with Gasteiger partial charge in [-0.3, -0.25) is 0 Å². The third-order valence-corrected chi connectivity index (χ3v) is 6.40. The normalized spacial score (nSPS) is 10.8. The maximum absolute atomic E-state index is 13.9. The molecule has 1 aromatic heterocycles. The fourth-order valence-electron chi connectivity index (χ4n) is 4.47. The molecular weight excluding hydrogens is 534 g/mol. The summed E-state index contributed by atoms with van der Waals surface area (Å²) in [6.07, 6.45) is 0.939. The molecule has 10 nitrogen and oxygen atoms in total. The van der Waals surface area contributed by atoms with Gasteiger partial charge < -0.3 is 29.2 Å². The van der Waals surface area contributed by atoms with E-state index in [1.54, 1.807) is 37.6 Å². The Balaban J connectivity index is 1.65. The van der Waals surface area contributed by atoms with Crippen molar-refractivity contribution in [1.82, 2.24) is 14.9 Å². The number of rotatable bonds is 11. The van der Waals surface area contributed by atoms with E-state index in [0.29, 0.717) is 35.6 Å². The van der Waals surface area contributed by atoms with Crippen molar-refractivity contribution in [3.05, 3.63) is 83.6 Å². The number of nitrogens with one attached hydrogen (secondary N) is 1.